The third-order valence-electron chi connectivity index (χ3n) is 6.07. The summed E-state index contributed by atoms with van der Waals surface area (Å²) >= 11 is 0. The third-order valence-corrected chi connectivity index (χ3v) is 6.07. The van der Waals surface area contributed by atoms with Crippen molar-refractivity contribution in [2.75, 3.05) is 6.54 Å². The van der Waals surface area contributed by atoms with Crippen molar-refractivity contribution in [1.82, 2.24) is 0 Å². The van der Waals surface area contributed by atoms with E-state index >= 15 is 0 Å². The molecule has 0 N–H and O–H groups in total. The number of hydrogen-bond donors (Lipinski definition) is 0. The van der Waals surface area contributed by atoms with Crippen molar-refractivity contribution in [3.05, 3.63) is 94.6 Å². The number of aliphatic imine (C=N–C) groups is 2. The van der Waals surface area contributed by atoms with E-state index in [2.05, 4.69) is 34.3 Å². The zero-order valence-corrected chi connectivity index (χ0v) is 16.6. The second kappa shape index (κ2) is 7.94. The van der Waals surface area contributed by atoms with E-state index in [1.165, 1.54) is 23.3 Å². The highest BCUT2D eigenvalue weighted by atomic mass is 19.1. The lowest BCUT2D eigenvalue weighted by Crippen LogP contribution is -2.05. The predicted molar refractivity (Wildman–Crippen MR) is 117 cm³/mol. The number of halogens is 2. The van der Waals surface area contributed by atoms with Crippen LogP contribution in [0, 0.1) is 17.6 Å². The van der Waals surface area contributed by atoms with Gasteiger partial charge in [-0.05, 0) is 72.1 Å². The van der Waals surface area contributed by atoms with E-state index in [9.17, 15) is 8.78 Å². The van der Waals surface area contributed by atoms with E-state index in [0.29, 0.717) is 30.3 Å². The first-order valence-electron chi connectivity index (χ1n) is 10.4. The number of nitrogens with zero attached hydrogens (tertiary/aromatic N) is 2. The van der Waals surface area contributed by atoms with Crippen LogP contribution in [0.15, 0.2) is 70.6 Å². The molecular weight excluding hydrogens is 378 g/mol. The first kappa shape index (κ1) is 18.9. The van der Waals surface area contributed by atoms with Crippen LogP contribution in [0.3, 0.4) is 0 Å². The monoisotopic (exact) mass is 400 g/mol. The summed E-state index contributed by atoms with van der Waals surface area (Å²) in [5, 5.41) is 0. The lowest BCUT2D eigenvalue weighted by Gasteiger charge is -2.12. The van der Waals surface area contributed by atoms with Gasteiger partial charge in [0.25, 0.3) is 0 Å². The van der Waals surface area contributed by atoms with Crippen LogP contribution in [0.5, 0.6) is 0 Å². The average molecular weight is 400 g/mol. The Morgan fingerprint density at radius 2 is 1.50 bits per heavy atom. The Morgan fingerprint density at radius 1 is 0.800 bits per heavy atom. The fourth-order valence-corrected chi connectivity index (χ4v) is 4.51. The molecule has 30 heavy (non-hydrogen) atoms. The summed E-state index contributed by atoms with van der Waals surface area (Å²) in [6.07, 6.45) is 4.95. The second-order valence-corrected chi connectivity index (χ2v) is 8.06. The normalized spacial score (nSPS) is 15.5. The fraction of sp³-hybridized carbons (Fsp3) is 0.231. The van der Waals surface area contributed by atoms with Crippen molar-refractivity contribution in [1.29, 1.82) is 0 Å². The molecule has 150 valence electrons. The molecule has 0 bridgehead atoms. The molecule has 0 saturated carbocycles. The maximum Gasteiger partial charge on any atom is 0.154 e. The molecule has 1 aliphatic heterocycles. The number of hydrogen-bond acceptors (Lipinski definition) is 2. The summed E-state index contributed by atoms with van der Waals surface area (Å²) in [5.74, 6) is 0.168. The van der Waals surface area contributed by atoms with Crippen LogP contribution in [-0.2, 0) is 19.3 Å². The average Bonchev–Trinajstić information content (AvgIpc) is 3.43. The molecule has 0 spiro atoms. The molecule has 1 aliphatic carbocycles. The molecule has 0 unspecified atom stereocenters. The Labute approximate surface area is 175 Å². The van der Waals surface area contributed by atoms with Gasteiger partial charge in [0.1, 0.15) is 11.6 Å². The van der Waals surface area contributed by atoms with Crippen LogP contribution in [0.4, 0.5) is 8.78 Å². The first-order chi connectivity index (χ1) is 14.7. The van der Waals surface area contributed by atoms with E-state index < -0.39 is 11.6 Å². The van der Waals surface area contributed by atoms with E-state index in [1.54, 1.807) is 6.21 Å². The Kier molecular flexibility index (Phi) is 4.99. The fourth-order valence-electron chi connectivity index (χ4n) is 4.51. The van der Waals surface area contributed by atoms with Crippen molar-refractivity contribution >= 4 is 12.1 Å². The Balaban J connectivity index is 1.33. The summed E-state index contributed by atoms with van der Waals surface area (Å²) in [5.41, 5.74) is 5.08. The molecule has 1 heterocycles. The molecule has 2 nitrogen and oxygen atoms in total. The molecule has 0 saturated heterocycles. The zero-order chi connectivity index (χ0) is 20.5. The van der Waals surface area contributed by atoms with E-state index in [0.717, 1.165) is 30.4 Å². The van der Waals surface area contributed by atoms with Gasteiger partial charge >= 0.3 is 0 Å². The number of benzene rings is 3. The molecule has 2 aliphatic rings. The maximum absolute atomic E-state index is 14.8. The Bertz CT molecular complexity index is 1120. The highest BCUT2D eigenvalue weighted by Gasteiger charge is 2.22. The molecule has 3 aromatic rings. The van der Waals surface area contributed by atoms with Crippen molar-refractivity contribution in [2.24, 2.45) is 15.9 Å². The first-order valence-corrected chi connectivity index (χ1v) is 10.4. The molecule has 0 radical (unpaired) electrons. The van der Waals surface area contributed by atoms with Crippen molar-refractivity contribution < 1.29 is 8.78 Å². The molecule has 5 rings (SSSR count). The minimum absolute atomic E-state index is 0.190. The van der Waals surface area contributed by atoms with Crippen LogP contribution in [-0.4, -0.2) is 18.6 Å². The van der Waals surface area contributed by atoms with Gasteiger partial charge in [-0.25, -0.2) is 13.8 Å². The Morgan fingerprint density at radius 3 is 2.17 bits per heavy atom. The maximum atomic E-state index is 14.8. The molecule has 0 atom stereocenters. The standard InChI is InChI=1S/C26H22F2N2/c27-24-15-22(20-6-3-7-21(14-20)26-29-10-11-30-26)16-25(28)23(24)9-8-17-12-18-4-1-2-5-19(18)13-17/h1-7,10,14-17H,8-9,11-13H2. The van der Waals surface area contributed by atoms with E-state index in [1.807, 2.05) is 24.3 Å². The van der Waals surface area contributed by atoms with Gasteiger partial charge in [-0.15, -0.1) is 0 Å². The van der Waals surface area contributed by atoms with Crippen LogP contribution in [0.1, 0.15) is 28.7 Å². The number of fused-ring (bicyclic) bond motifs is 1. The molecule has 3 aromatic carbocycles. The number of amidine groups is 1. The lowest BCUT2D eigenvalue weighted by molar-refractivity contribution is 0.488. The summed E-state index contributed by atoms with van der Waals surface area (Å²) in [6.45, 7) is 0.573. The largest absolute Gasteiger partial charge is 0.260 e. The zero-order valence-electron chi connectivity index (χ0n) is 16.6. The van der Waals surface area contributed by atoms with Crippen LogP contribution in [0.2, 0.25) is 0 Å². The summed E-state index contributed by atoms with van der Waals surface area (Å²) in [6, 6.07) is 18.8. The third kappa shape index (κ3) is 3.70. The van der Waals surface area contributed by atoms with Gasteiger partial charge < -0.3 is 0 Å². The van der Waals surface area contributed by atoms with Crippen LogP contribution >= 0.6 is 0 Å². The highest BCUT2D eigenvalue weighted by Crippen LogP contribution is 2.31. The SMILES string of the molecule is Fc1cc(-c2cccc(C3=NCC=N3)c2)cc(F)c1CCC1Cc2ccccc2C1. The van der Waals surface area contributed by atoms with E-state index in [-0.39, 0.29) is 5.56 Å². The molecule has 4 heteroatoms. The van der Waals surface area contributed by atoms with Gasteiger partial charge in [0, 0.05) is 17.3 Å². The van der Waals surface area contributed by atoms with Gasteiger partial charge in [0.05, 0.1) is 6.54 Å². The summed E-state index contributed by atoms with van der Waals surface area (Å²) in [7, 11) is 0. The van der Waals surface area contributed by atoms with Gasteiger partial charge in [-0.3, -0.25) is 4.99 Å². The van der Waals surface area contributed by atoms with Gasteiger partial charge in [-0.2, -0.15) is 0 Å². The lowest BCUT2D eigenvalue weighted by atomic mass is 9.94. The van der Waals surface area contributed by atoms with Crippen LogP contribution < -0.4 is 0 Å². The molecule has 0 fully saturated rings. The molecule has 0 aromatic heterocycles. The van der Waals surface area contributed by atoms with Crippen molar-refractivity contribution in [3.63, 3.8) is 0 Å². The minimum Gasteiger partial charge on any atom is -0.260 e. The minimum atomic E-state index is -0.470. The van der Waals surface area contributed by atoms with Gasteiger partial charge in [0.2, 0.25) is 0 Å². The summed E-state index contributed by atoms with van der Waals surface area (Å²) < 4.78 is 29.7. The quantitative estimate of drug-likeness (QED) is 0.516. The van der Waals surface area contributed by atoms with Crippen molar-refractivity contribution in [2.45, 2.75) is 25.7 Å². The van der Waals surface area contributed by atoms with Gasteiger partial charge in [0.15, 0.2) is 5.84 Å². The van der Waals surface area contributed by atoms with Gasteiger partial charge in [-0.1, -0.05) is 42.5 Å². The number of rotatable bonds is 5. The van der Waals surface area contributed by atoms with E-state index in [4.69, 9.17) is 0 Å². The second-order valence-electron chi connectivity index (χ2n) is 8.06. The van der Waals surface area contributed by atoms with Crippen molar-refractivity contribution in [3.8, 4) is 11.1 Å². The predicted octanol–water partition coefficient (Wildman–Crippen LogP) is 5.81. The summed E-state index contributed by atoms with van der Waals surface area (Å²) in [4.78, 5) is 8.56. The Hall–Kier alpha value is -3.14. The molecule has 0 amide bonds. The smallest absolute Gasteiger partial charge is 0.154 e. The van der Waals surface area contributed by atoms with Crippen LogP contribution in [0.25, 0.3) is 11.1 Å². The topological polar surface area (TPSA) is 24.7 Å². The highest BCUT2D eigenvalue weighted by molar-refractivity contribution is 6.06. The molecular formula is C26H22F2N2.